The summed E-state index contributed by atoms with van der Waals surface area (Å²) in [7, 11) is 0. The fraction of sp³-hybridized carbons (Fsp3) is 0.667. The molecule has 1 fully saturated rings. The largest absolute Gasteiger partial charge is 0.378 e. The predicted octanol–water partition coefficient (Wildman–Crippen LogP) is 1.53. The summed E-state index contributed by atoms with van der Waals surface area (Å²) < 4.78 is 5.66. The first-order chi connectivity index (χ1) is 7.95. The van der Waals surface area contributed by atoms with Crippen LogP contribution < -0.4 is 5.32 Å². The van der Waals surface area contributed by atoms with Crippen molar-refractivity contribution in [3.8, 4) is 0 Å². The second-order valence-corrected chi connectivity index (χ2v) is 4.15. The molecule has 1 aliphatic heterocycles. The molecule has 0 radical (unpaired) electrons. The zero-order valence-corrected chi connectivity index (χ0v) is 9.56. The van der Waals surface area contributed by atoms with E-state index in [-0.39, 0.29) is 0 Å². The lowest BCUT2D eigenvalue weighted by molar-refractivity contribution is 0.0115. The van der Waals surface area contributed by atoms with Crippen LogP contribution in [0.4, 0.5) is 0 Å². The first-order valence-corrected chi connectivity index (χ1v) is 6.02. The van der Waals surface area contributed by atoms with Gasteiger partial charge in [-0.15, -0.1) is 0 Å². The van der Waals surface area contributed by atoms with Crippen molar-refractivity contribution in [1.82, 2.24) is 15.3 Å². The van der Waals surface area contributed by atoms with Crippen LogP contribution in [0.5, 0.6) is 0 Å². The fourth-order valence-corrected chi connectivity index (χ4v) is 1.94. The Labute approximate surface area is 96.4 Å². The summed E-state index contributed by atoms with van der Waals surface area (Å²) in [5.74, 6) is 0. The van der Waals surface area contributed by atoms with Crippen LogP contribution in [-0.2, 0) is 11.3 Å². The highest BCUT2D eigenvalue weighted by Crippen LogP contribution is 2.14. The first kappa shape index (κ1) is 11.5. The minimum atomic E-state index is 0.461. The summed E-state index contributed by atoms with van der Waals surface area (Å²) in [6, 6.07) is 0. The molecule has 1 unspecified atom stereocenters. The molecule has 16 heavy (non-hydrogen) atoms. The maximum absolute atomic E-state index is 5.66. The monoisotopic (exact) mass is 221 g/mol. The van der Waals surface area contributed by atoms with E-state index in [1.54, 1.807) is 18.6 Å². The second-order valence-electron chi connectivity index (χ2n) is 4.15. The molecule has 2 rings (SSSR count). The van der Waals surface area contributed by atoms with Crippen LogP contribution in [0.1, 0.15) is 31.4 Å². The normalized spacial score (nSPS) is 20.9. The lowest BCUT2D eigenvalue weighted by Crippen LogP contribution is -2.25. The molecule has 0 spiro atoms. The maximum atomic E-state index is 5.66. The van der Waals surface area contributed by atoms with Crippen LogP contribution in [0.2, 0.25) is 0 Å². The van der Waals surface area contributed by atoms with Crippen LogP contribution in [0.15, 0.2) is 18.6 Å². The predicted molar refractivity (Wildman–Crippen MR) is 61.9 cm³/mol. The van der Waals surface area contributed by atoms with Gasteiger partial charge in [-0.1, -0.05) is 0 Å². The minimum Gasteiger partial charge on any atom is -0.378 e. The van der Waals surface area contributed by atoms with Crippen LogP contribution in [-0.4, -0.2) is 29.2 Å². The third-order valence-electron chi connectivity index (χ3n) is 2.84. The topological polar surface area (TPSA) is 47.0 Å². The maximum Gasteiger partial charge on any atom is 0.0724 e. The molecule has 1 aromatic heterocycles. The van der Waals surface area contributed by atoms with E-state index in [4.69, 9.17) is 4.74 Å². The van der Waals surface area contributed by atoms with Gasteiger partial charge in [0, 0.05) is 31.7 Å². The molecule has 0 bridgehead atoms. The molecule has 4 heteroatoms. The van der Waals surface area contributed by atoms with E-state index in [0.717, 1.165) is 31.8 Å². The zero-order valence-electron chi connectivity index (χ0n) is 9.56. The Morgan fingerprint density at radius 2 is 2.38 bits per heavy atom. The van der Waals surface area contributed by atoms with E-state index >= 15 is 0 Å². The van der Waals surface area contributed by atoms with Gasteiger partial charge in [0.15, 0.2) is 0 Å². The van der Waals surface area contributed by atoms with Crippen molar-refractivity contribution >= 4 is 0 Å². The van der Waals surface area contributed by atoms with E-state index in [9.17, 15) is 0 Å². The summed E-state index contributed by atoms with van der Waals surface area (Å²) in [5.41, 5.74) is 0.993. The lowest BCUT2D eigenvalue weighted by atomic mass is 10.1. The molecule has 0 aromatic carbocycles. The molecule has 1 atom stereocenters. The van der Waals surface area contributed by atoms with Gasteiger partial charge in [-0.25, -0.2) is 0 Å². The Kier molecular flexibility index (Phi) is 4.70. The summed E-state index contributed by atoms with van der Waals surface area (Å²) in [6.45, 7) is 2.72. The van der Waals surface area contributed by atoms with E-state index in [1.165, 1.54) is 19.3 Å². The highest BCUT2D eigenvalue weighted by molar-refractivity contribution is 4.93. The fourth-order valence-electron chi connectivity index (χ4n) is 1.94. The lowest BCUT2D eigenvalue weighted by Gasteiger charge is -2.22. The molecular formula is C12H19N3O. The van der Waals surface area contributed by atoms with Gasteiger partial charge >= 0.3 is 0 Å². The number of aromatic nitrogens is 2. The Morgan fingerprint density at radius 3 is 3.12 bits per heavy atom. The summed E-state index contributed by atoms with van der Waals surface area (Å²) in [5, 5.41) is 3.37. The minimum absolute atomic E-state index is 0.461. The van der Waals surface area contributed by atoms with E-state index in [2.05, 4.69) is 15.3 Å². The molecule has 1 aliphatic rings. The van der Waals surface area contributed by atoms with Crippen LogP contribution in [0.3, 0.4) is 0 Å². The molecule has 0 amide bonds. The summed E-state index contributed by atoms with van der Waals surface area (Å²) in [6.07, 6.45) is 10.5. The van der Waals surface area contributed by atoms with Crippen molar-refractivity contribution in [1.29, 1.82) is 0 Å². The van der Waals surface area contributed by atoms with Gasteiger partial charge in [-0.3, -0.25) is 9.97 Å². The SMILES string of the molecule is c1cnc(CNCCC2CCCCO2)cn1. The molecule has 88 valence electrons. The number of hydrogen-bond donors (Lipinski definition) is 1. The van der Waals surface area contributed by atoms with Crippen molar-refractivity contribution in [2.24, 2.45) is 0 Å². The molecule has 1 N–H and O–H groups in total. The van der Waals surface area contributed by atoms with Gasteiger partial charge in [-0.05, 0) is 32.2 Å². The third-order valence-corrected chi connectivity index (χ3v) is 2.84. The first-order valence-electron chi connectivity index (χ1n) is 6.02. The van der Waals surface area contributed by atoms with Crippen molar-refractivity contribution in [2.75, 3.05) is 13.2 Å². The molecule has 4 nitrogen and oxygen atoms in total. The Hall–Kier alpha value is -1.00. The molecule has 2 heterocycles. The number of hydrogen-bond acceptors (Lipinski definition) is 4. The van der Waals surface area contributed by atoms with Gasteiger partial charge in [0.25, 0.3) is 0 Å². The molecule has 0 aliphatic carbocycles. The molecule has 1 saturated heterocycles. The number of rotatable bonds is 5. The van der Waals surface area contributed by atoms with Crippen LogP contribution >= 0.6 is 0 Å². The van der Waals surface area contributed by atoms with E-state index in [0.29, 0.717) is 6.10 Å². The van der Waals surface area contributed by atoms with Crippen LogP contribution in [0, 0.1) is 0 Å². The molecule has 0 saturated carbocycles. The Bertz CT molecular complexity index is 286. The standard InChI is InChI=1S/C12H19N3O/c1-2-8-16-12(3-1)4-5-13-9-11-10-14-6-7-15-11/h6-7,10,12-13H,1-5,8-9H2. The van der Waals surface area contributed by atoms with Gasteiger partial charge in [0.05, 0.1) is 11.8 Å². The Balaban J connectivity index is 1.58. The number of ether oxygens (including phenoxy) is 1. The molecule has 1 aromatic rings. The second kappa shape index (κ2) is 6.55. The van der Waals surface area contributed by atoms with Gasteiger partial charge in [0.2, 0.25) is 0 Å². The van der Waals surface area contributed by atoms with Crippen molar-refractivity contribution in [3.05, 3.63) is 24.3 Å². The zero-order chi connectivity index (χ0) is 11.1. The number of nitrogens with one attached hydrogen (secondary N) is 1. The third kappa shape index (κ3) is 3.87. The van der Waals surface area contributed by atoms with Gasteiger partial charge < -0.3 is 10.1 Å². The van der Waals surface area contributed by atoms with Crippen LogP contribution in [0.25, 0.3) is 0 Å². The van der Waals surface area contributed by atoms with Crippen molar-refractivity contribution in [2.45, 2.75) is 38.3 Å². The number of nitrogens with zero attached hydrogens (tertiary/aromatic N) is 2. The van der Waals surface area contributed by atoms with Gasteiger partial charge in [0.1, 0.15) is 0 Å². The van der Waals surface area contributed by atoms with Crippen molar-refractivity contribution in [3.63, 3.8) is 0 Å². The quantitative estimate of drug-likeness (QED) is 0.766. The highest BCUT2D eigenvalue weighted by Gasteiger charge is 2.12. The summed E-state index contributed by atoms with van der Waals surface area (Å²) in [4.78, 5) is 8.23. The highest BCUT2D eigenvalue weighted by atomic mass is 16.5. The van der Waals surface area contributed by atoms with Gasteiger partial charge in [-0.2, -0.15) is 0 Å². The van der Waals surface area contributed by atoms with E-state index in [1.807, 2.05) is 0 Å². The van der Waals surface area contributed by atoms with Crippen molar-refractivity contribution < 1.29 is 4.74 Å². The van der Waals surface area contributed by atoms with E-state index < -0.39 is 0 Å². The average Bonchev–Trinajstić information content (AvgIpc) is 2.37. The summed E-state index contributed by atoms with van der Waals surface area (Å²) >= 11 is 0. The smallest absolute Gasteiger partial charge is 0.0724 e. The Morgan fingerprint density at radius 1 is 1.38 bits per heavy atom. The molecular weight excluding hydrogens is 202 g/mol. The average molecular weight is 221 g/mol.